The molecule has 0 unspecified atom stereocenters. The van der Waals surface area contributed by atoms with Crippen LogP contribution >= 0.6 is 15.9 Å². The molecule has 3 heteroatoms. The van der Waals surface area contributed by atoms with E-state index in [-0.39, 0.29) is 0 Å². The van der Waals surface area contributed by atoms with E-state index >= 15 is 0 Å². The van der Waals surface area contributed by atoms with E-state index in [1.807, 2.05) is 36.4 Å². The second-order valence-corrected chi connectivity index (χ2v) is 4.20. The van der Waals surface area contributed by atoms with Gasteiger partial charge in [0.05, 0.1) is 11.4 Å². The Morgan fingerprint density at radius 1 is 1.20 bits per heavy atom. The number of hydrogen-bond donors (Lipinski definition) is 1. The molecule has 0 bridgehead atoms. The molecule has 0 radical (unpaired) electrons. The molecular weight excluding hydrogens is 252 g/mol. The monoisotopic (exact) mass is 262 g/mol. The van der Waals surface area contributed by atoms with Crippen molar-refractivity contribution in [3.8, 4) is 0 Å². The van der Waals surface area contributed by atoms with Crippen molar-refractivity contribution in [1.82, 2.24) is 0 Å². The van der Waals surface area contributed by atoms with E-state index in [2.05, 4.69) is 27.0 Å². The number of aliphatic imine (C=N–C) groups is 1. The lowest BCUT2D eigenvalue weighted by molar-refractivity contribution is 1.39. The van der Waals surface area contributed by atoms with Gasteiger partial charge in [-0.15, -0.1) is 0 Å². The number of nitrogens with two attached hydrogens (primary N) is 1. The highest BCUT2D eigenvalue weighted by Gasteiger charge is 2.01. The summed E-state index contributed by atoms with van der Waals surface area (Å²) >= 11 is 3.41. The predicted octanol–water partition coefficient (Wildman–Crippen LogP) is 3.58. The molecule has 0 aliphatic heterocycles. The van der Waals surface area contributed by atoms with Crippen LogP contribution in [0.3, 0.4) is 0 Å². The van der Waals surface area contributed by atoms with Crippen molar-refractivity contribution in [3.05, 3.63) is 47.0 Å². The molecule has 0 saturated heterocycles. The highest BCUT2D eigenvalue weighted by molar-refractivity contribution is 9.11. The van der Waals surface area contributed by atoms with E-state index in [9.17, 15) is 0 Å². The third-order valence-electron chi connectivity index (χ3n) is 2.14. The molecule has 76 valence electrons. The molecule has 15 heavy (non-hydrogen) atoms. The molecule has 0 saturated carbocycles. The number of nitrogen functional groups attached to an aromatic ring is 1. The number of benzene rings is 1. The number of hydrogen-bond acceptors (Lipinski definition) is 2. The zero-order chi connectivity index (χ0) is 10.7. The smallest absolute Gasteiger partial charge is 0.0862 e. The first kappa shape index (κ1) is 10.2. The molecule has 0 heterocycles. The normalized spacial score (nSPS) is 17.9. The highest BCUT2D eigenvalue weighted by atomic mass is 79.9. The Morgan fingerprint density at radius 3 is 2.67 bits per heavy atom. The number of nitrogens with zero attached hydrogens (tertiary/aromatic N) is 1. The molecule has 0 aromatic heterocycles. The lowest BCUT2D eigenvalue weighted by atomic mass is 10.1. The first-order valence-electron chi connectivity index (χ1n) is 4.71. The van der Waals surface area contributed by atoms with Gasteiger partial charge in [-0.05, 0) is 24.3 Å². The Labute approximate surface area is 97.3 Å². The Hall–Kier alpha value is -1.35. The minimum absolute atomic E-state index is 0.715. The third kappa shape index (κ3) is 2.57. The third-order valence-corrected chi connectivity index (χ3v) is 2.73. The largest absolute Gasteiger partial charge is 0.397 e. The summed E-state index contributed by atoms with van der Waals surface area (Å²) in [5.74, 6) is 0. The lowest BCUT2D eigenvalue weighted by Gasteiger charge is -2.05. The predicted molar refractivity (Wildman–Crippen MR) is 68.7 cm³/mol. The van der Waals surface area contributed by atoms with Crippen molar-refractivity contribution in [2.45, 2.75) is 6.42 Å². The van der Waals surface area contributed by atoms with Gasteiger partial charge in [-0.3, -0.25) is 4.99 Å². The minimum atomic E-state index is 0.715. The molecule has 1 aliphatic carbocycles. The number of rotatable bonds is 1. The molecule has 0 fully saturated rings. The summed E-state index contributed by atoms with van der Waals surface area (Å²) in [5.41, 5.74) is 8.38. The van der Waals surface area contributed by atoms with Crippen LogP contribution in [0.1, 0.15) is 6.42 Å². The Bertz CT molecular complexity index is 458. The van der Waals surface area contributed by atoms with E-state index in [1.54, 1.807) is 0 Å². The van der Waals surface area contributed by atoms with Crippen LogP contribution in [0.5, 0.6) is 0 Å². The van der Waals surface area contributed by atoms with Crippen molar-refractivity contribution in [2.24, 2.45) is 4.99 Å². The van der Waals surface area contributed by atoms with Crippen LogP contribution in [-0.4, -0.2) is 5.71 Å². The van der Waals surface area contributed by atoms with Gasteiger partial charge >= 0.3 is 0 Å². The van der Waals surface area contributed by atoms with Gasteiger partial charge in [0.15, 0.2) is 0 Å². The average Bonchev–Trinajstić information content (AvgIpc) is 2.25. The van der Waals surface area contributed by atoms with Gasteiger partial charge in [0.1, 0.15) is 0 Å². The maximum atomic E-state index is 5.81. The van der Waals surface area contributed by atoms with Crippen LogP contribution in [0.2, 0.25) is 0 Å². The summed E-state index contributed by atoms with van der Waals surface area (Å²) in [6, 6.07) is 7.63. The van der Waals surface area contributed by atoms with Crippen LogP contribution in [0.25, 0.3) is 0 Å². The average molecular weight is 263 g/mol. The molecule has 0 amide bonds. The number of anilines is 1. The van der Waals surface area contributed by atoms with Crippen LogP contribution < -0.4 is 5.73 Å². The Kier molecular flexibility index (Phi) is 3.02. The first-order valence-corrected chi connectivity index (χ1v) is 5.51. The van der Waals surface area contributed by atoms with E-state index in [1.165, 1.54) is 0 Å². The summed E-state index contributed by atoms with van der Waals surface area (Å²) in [6.07, 6.45) is 6.90. The molecule has 2 nitrogen and oxygen atoms in total. The Balaban J connectivity index is 2.26. The molecule has 1 aromatic carbocycles. The van der Waals surface area contributed by atoms with Gasteiger partial charge in [-0.1, -0.05) is 34.1 Å². The van der Waals surface area contributed by atoms with Gasteiger partial charge in [-0.25, -0.2) is 0 Å². The van der Waals surface area contributed by atoms with E-state index < -0.39 is 0 Å². The van der Waals surface area contributed by atoms with Crippen molar-refractivity contribution >= 4 is 33.0 Å². The van der Waals surface area contributed by atoms with Crippen molar-refractivity contribution in [2.75, 3.05) is 5.73 Å². The van der Waals surface area contributed by atoms with Crippen LogP contribution in [0.4, 0.5) is 11.4 Å². The lowest BCUT2D eigenvalue weighted by Crippen LogP contribution is -1.95. The van der Waals surface area contributed by atoms with Crippen LogP contribution in [-0.2, 0) is 0 Å². The molecule has 0 spiro atoms. The van der Waals surface area contributed by atoms with Gasteiger partial charge in [-0.2, -0.15) is 0 Å². The second-order valence-electron chi connectivity index (χ2n) is 3.29. The van der Waals surface area contributed by atoms with Gasteiger partial charge in [0, 0.05) is 16.6 Å². The fraction of sp³-hybridized carbons (Fsp3) is 0.0833. The Morgan fingerprint density at radius 2 is 2.00 bits per heavy atom. The van der Waals surface area contributed by atoms with E-state index in [0.29, 0.717) is 5.69 Å². The fourth-order valence-electron chi connectivity index (χ4n) is 1.34. The van der Waals surface area contributed by atoms with Gasteiger partial charge in [0.25, 0.3) is 0 Å². The van der Waals surface area contributed by atoms with Crippen molar-refractivity contribution < 1.29 is 0 Å². The second kappa shape index (κ2) is 4.45. The topological polar surface area (TPSA) is 38.4 Å². The molecule has 1 aromatic rings. The summed E-state index contributed by atoms with van der Waals surface area (Å²) in [7, 11) is 0. The molecule has 2 N–H and O–H groups in total. The molecule has 1 aliphatic rings. The SMILES string of the molecule is Nc1ccccc1N=C1C=CC(Br)=CC1. The molecular formula is C12H11BrN2. The number of para-hydroxylation sites is 2. The first-order chi connectivity index (χ1) is 7.25. The summed E-state index contributed by atoms with van der Waals surface area (Å²) in [5, 5.41) is 0. The maximum Gasteiger partial charge on any atom is 0.0862 e. The van der Waals surface area contributed by atoms with E-state index in [0.717, 1.165) is 22.3 Å². The van der Waals surface area contributed by atoms with E-state index in [4.69, 9.17) is 5.73 Å². The zero-order valence-corrected chi connectivity index (χ0v) is 9.74. The summed E-state index contributed by atoms with van der Waals surface area (Å²) in [6.45, 7) is 0. The highest BCUT2D eigenvalue weighted by Crippen LogP contribution is 2.23. The van der Waals surface area contributed by atoms with Crippen molar-refractivity contribution in [3.63, 3.8) is 0 Å². The summed E-state index contributed by atoms with van der Waals surface area (Å²) < 4.78 is 1.10. The van der Waals surface area contributed by atoms with Crippen molar-refractivity contribution in [1.29, 1.82) is 0 Å². The standard InChI is InChI=1S/C12H11BrN2/c13-9-5-7-10(8-6-9)15-12-4-2-1-3-11(12)14/h1-7H,8,14H2. The molecule has 0 atom stereocenters. The zero-order valence-electron chi connectivity index (χ0n) is 8.15. The maximum absolute atomic E-state index is 5.81. The number of allylic oxidation sites excluding steroid dienone is 4. The number of halogens is 1. The molecule has 2 rings (SSSR count). The van der Waals surface area contributed by atoms with Gasteiger partial charge in [0.2, 0.25) is 0 Å². The quantitative estimate of drug-likeness (QED) is 0.772. The minimum Gasteiger partial charge on any atom is -0.397 e. The fourth-order valence-corrected chi connectivity index (χ4v) is 1.63. The van der Waals surface area contributed by atoms with Crippen LogP contribution in [0.15, 0.2) is 52.0 Å². The summed E-state index contributed by atoms with van der Waals surface area (Å²) in [4.78, 5) is 4.49. The van der Waals surface area contributed by atoms with Gasteiger partial charge < -0.3 is 5.73 Å². The van der Waals surface area contributed by atoms with Crippen LogP contribution in [0, 0.1) is 0 Å².